The van der Waals surface area contributed by atoms with Crippen molar-refractivity contribution in [1.29, 1.82) is 0 Å². The van der Waals surface area contributed by atoms with E-state index in [0.717, 1.165) is 5.56 Å². The number of rotatable bonds is 4. The second-order valence-electron chi connectivity index (χ2n) is 3.44. The Balaban J connectivity index is 2.51. The van der Waals surface area contributed by atoms with Gasteiger partial charge in [0.25, 0.3) is 0 Å². The molecule has 0 amide bonds. The van der Waals surface area contributed by atoms with Gasteiger partial charge in [0.05, 0.1) is 6.42 Å². The summed E-state index contributed by atoms with van der Waals surface area (Å²) < 4.78 is 0. The zero-order valence-electron chi connectivity index (χ0n) is 8.10. The van der Waals surface area contributed by atoms with Crippen LogP contribution >= 0.6 is 12.6 Å². The minimum absolute atomic E-state index is 0.102. The molecule has 1 rings (SSSR count). The molecule has 2 nitrogen and oxygen atoms in total. The molecule has 1 atom stereocenters. The molecule has 0 aromatic heterocycles. The van der Waals surface area contributed by atoms with Crippen molar-refractivity contribution in [3.8, 4) is 0 Å². The number of carbonyl (C=O) groups is 1. The molecule has 0 saturated carbocycles. The Bertz CT molecular complexity index is 306. The number of aryl methyl sites for hydroxylation is 1. The molecule has 14 heavy (non-hydrogen) atoms. The van der Waals surface area contributed by atoms with E-state index in [1.165, 1.54) is 5.56 Å². The first-order valence-electron chi connectivity index (χ1n) is 4.53. The van der Waals surface area contributed by atoms with Gasteiger partial charge in [0.1, 0.15) is 0 Å². The Morgan fingerprint density at radius 2 is 2.00 bits per heavy atom. The molecule has 1 N–H and O–H groups in total. The molecule has 3 heteroatoms. The molecular weight excluding hydrogens is 196 g/mol. The largest absolute Gasteiger partial charge is 0.481 e. The molecule has 0 aliphatic heterocycles. The number of carboxylic acid groups (broad SMARTS) is 1. The van der Waals surface area contributed by atoms with Crippen LogP contribution in [0.5, 0.6) is 0 Å². The summed E-state index contributed by atoms with van der Waals surface area (Å²) in [6.45, 7) is 2.03. The molecule has 1 aromatic carbocycles. The highest BCUT2D eigenvalue weighted by Gasteiger charge is 2.08. The van der Waals surface area contributed by atoms with Gasteiger partial charge in [0, 0.05) is 5.25 Å². The van der Waals surface area contributed by atoms with Crippen LogP contribution in [0.2, 0.25) is 0 Å². The van der Waals surface area contributed by atoms with E-state index in [-0.39, 0.29) is 11.7 Å². The van der Waals surface area contributed by atoms with Crippen molar-refractivity contribution in [3.63, 3.8) is 0 Å². The smallest absolute Gasteiger partial charge is 0.304 e. The summed E-state index contributed by atoms with van der Waals surface area (Å²) in [4.78, 5) is 10.4. The maximum atomic E-state index is 10.4. The number of hydrogen-bond donors (Lipinski definition) is 2. The van der Waals surface area contributed by atoms with E-state index in [2.05, 4.69) is 12.6 Å². The second-order valence-corrected chi connectivity index (χ2v) is 4.17. The van der Waals surface area contributed by atoms with E-state index in [1.807, 2.05) is 31.2 Å². The quantitative estimate of drug-likeness (QED) is 0.748. The molecule has 76 valence electrons. The van der Waals surface area contributed by atoms with E-state index in [4.69, 9.17) is 5.11 Å². The third-order valence-electron chi connectivity index (χ3n) is 2.00. The summed E-state index contributed by atoms with van der Waals surface area (Å²) in [6, 6.07) is 8.08. The average molecular weight is 210 g/mol. The van der Waals surface area contributed by atoms with Crippen LogP contribution in [0.1, 0.15) is 17.5 Å². The molecular formula is C11H14O2S. The van der Waals surface area contributed by atoms with Crippen LogP contribution in [0.15, 0.2) is 24.3 Å². The molecule has 0 fully saturated rings. The van der Waals surface area contributed by atoms with Crippen molar-refractivity contribution in [2.24, 2.45) is 0 Å². The van der Waals surface area contributed by atoms with Crippen LogP contribution in [0.4, 0.5) is 0 Å². The van der Waals surface area contributed by atoms with Crippen molar-refractivity contribution in [1.82, 2.24) is 0 Å². The topological polar surface area (TPSA) is 37.3 Å². The van der Waals surface area contributed by atoms with Gasteiger partial charge in [-0.05, 0) is 18.9 Å². The van der Waals surface area contributed by atoms with Crippen molar-refractivity contribution in [3.05, 3.63) is 35.4 Å². The summed E-state index contributed by atoms with van der Waals surface area (Å²) in [7, 11) is 0. The highest BCUT2D eigenvalue weighted by atomic mass is 32.1. The second kappa shape index (κ2) is 5.05. The Hall–Kier alpha value is -0.960. The van der Waals surface area contributed by atoms with Crippen LogP contribution < -0.4 is 0 Å². The number of carboxylic acids is 1. The Morgan fingerprint density at radius 1 is 1.43 bits per heavy atom. The standard InChI is InChI=1S/C11H14O2S/c1-8-2-4-9(5-3-8)6-10(14)7-11(12)13/h2-5,10,14H,6-7H2,1H3,(H,12,13). The zero-order chi connectivity index (χ0) is 10.6. The molecule has 0 heterocycles. The van der Waals surface area contributed by atoms with Crippen LogP contribution in [0, 0.1) is 6.92 Å². The van der Waals surface area contributed by atoms with Crippen molar-refractivity contribution < 1.29 is 9.90 Å². The van der Waals surface area contributed by atoms with Gasteiger partial charge in [-0.3, -0.25) is 4.79 Å². The van der Waals surface area contributed by atoms with Crippen molar-refractivity contribution >= 4 is 18.6 Å². The van der Waals surface area contributed by atoms with Gasteiger partial charge in [-0.15, -0.1) is 0 Å². The third-order valence-corrected chi connectivity index (χ3v) is 2.37. The summed E-state index contributed by atoms with van der Waals surface area (Å²) in [5, 5.41) is 8.46. The molecule has 0 spiro atoms. The number of hydrogen-bond acceptors (Lipinski definition) is 2. The van der Waals surface area contributed by atoms with Crippen LogP contribution in [-0.4, -0.2) is 16.3 Å². The van der Waals surface area contributed by atoms with E-state index in [9.17, 15) is 4.79 Å². The summed E-state index contributed by atoms with van der Waals surface area (Å²) in [6.07, 6.45) is 0.812. The van der Waals surface area contributed by atoms with Crippen LogP contribution in [0.25, 0.3) is 0 Å². The van der Waals surface area contributed by atoms with Crippen molar-refractivity contribution in [2.45, 2.75) is 25.0 Å². The van der Waals surface area contributed by atoms with E-state index in [1.54, 1.807) is 0 Å². The van der Waals surface area contributed by atoms with E-state index < -0.39 is 5.97 Å². The Labute approximate surface area is 89.4 Å². The molecule has 0 aliphatic carbocycles. The molecule has 0 radical (unpaired) electrons. The molecule has 0 saturated heterocycles. The monoisotopic (exact) mass is 210 g/mol. The fourth-order valence-electron chi connectivity index (χ4n) is 1.27. The fourth-order valence-corrected chi connectivity index (χ4v) is 1.64. The van der Waals surface area contributed by atoms with Gasteiger partial charge in [-0.2, -0.15) is 12.6 Å². The van der Waals surface area contributed by atoms with Gasteiger partial charge >= 0.3 is 5.97 Å². The lowest BCUT2D eigenvalue weighted by atomic mass is 10.1. The van der Waals surface area contributed by atoms with Gasteiger partial charge in [0.15, 0.2) is 0 Å². The molecule has 1 unspecified atom stereocenters. The van der Waals surface area contributed by atoms with Crippen molar-refractivity contribution in [2.75, 3.05) is 0 Å². The predicted molar refractivity (Wildman–Crippen MR) is 59.9 cm³/mol. The maximum Gasteiger partial charge on any atom is 0.304 e. The first kappa shape index (κ1) is 11.1. The fraction of sp³-hybridized carbons (Fsp3) is 0.364. The predicted octanol–water partition coefficient (Wildman–Crippen LogP) is 2.31. The lowest BCUT2D eigenvalue weighted by molar-refractivity contribution is -0.136. The van der Waals surface area contributed by atoms with E-state index in [0.29, 0.717) is 6.42 Å². The van der Waals surface area contributed by atoms with Crippen LogP contribution in [0.3, 0.4) is 0 Å². The van der Waals surface area contributed by atoms with Crippen LogP contribution in [-0.2, 0) is 11.2 Å². The molecule has 0 aliphatic rings. The Kier molecular flexibility index (Phi) is 4.01. The first-order valence-corrected chi connectivity index (χ1v) is 5.05. The number of thiol groups is 1. The zero-order valence-corrected chi connectivity index (χ0v) is 9.00. The lowest BCUT2D eigenvalue weighted by Crippen LogP contribution is -2.10. The summed E-state index contributed by atoms with van der Waals surface area (Å²) in [5.41, 5.74) is 2.35. The normalized spacial score (nSPS) is 12.4. The highest BCUT2D eigenvalue weighted by Crippen LogP contribution is 2.11. The van der Waals surface area contributed by atoms with Gasteiger partial charge in [-0.25, -0.2) is 0 Å². The lowest BCUT2D eigenvalue weighted by Gasteiger charge is -2.07. The highest BCUT2D eigenvalue weighted by molar-refractivity contribution is 7.81. The van der Waals surface area contributed by atoms with Gasteiger partial charge < -0.3 is 5.11 Å². The van der Waals surface area contributed by atoms with Gasteiger partial charge in [0.2, 0.25) is 0 Å². The Morgan fingerprint density at radius 3 is 2.50 bits per heavy atom. The SMILES string of the molecule is Cc1ccc(CC(S)CC(=O)O)cc1. The number of benzene rings is 1. The first-order chi connectivity index (χ1) is 6.58. The van der Waals surface area contributed by atoms with E-state index >= 15 is 0 Å². The molecule has 0 bridgehead atoms. The maximum absolute atomic E-state index is 10.4. The summed E-state index contributed by atoms with van der Waals surface area (Å²) in [5.74, 6) is -0.794. The molecule has 1 aromatic rings. The summed E-state index contributed by atoms with van der Waals surface area (Å²) >= 11 is 4.23. The minimum Gasteiger partial charge on any atom is -0.481 e. The number of aliphatic carboxylic acids is 1. The average Bonchev–Trinajstić information content (AvgIpc) is 2.07. The van der Waals surface area contributed by atoms with Gasteiger partial charge in [-0.1, -0.05) is 29.8 Å². The minimum atomic E-state index is -0.794. The third kappa shape index (κ3) is 3.83.